The van der Waals surface area contributed by atoms with Crippen molar-refractivity contribution in [1.82, 2.24) is 0 Å². The second kappa shape index (κ2) is 5.64. The molecule has 0 unspecified atom stereocenters. The minimum absolute atomic E-state index is 0.0250. The van der Waals surface area contributed by atoms with Gasteiger partial charge in [0, 0.05) is 23.1 Å². The van der Waals surface area contributed by atoms with E-state index in [-0.39, 0.29) is 17.8 Å². The molecule has 0 aliphatic heterocycles. The normalized spacial score (nSPS) is 17.7. The van der Waals surface area contributed by atoms with E-state index in [1.165, 1.54) is 5.56 Å². The molecule has 0 saturated carbocycles. The Hall–Kier alpha value is -1.85. The first kappa shape index (κ1) is 14.6. The average Bonchev–Trinajstić information content (AvgIpc) is 2.36. The SMILES string of the molecule is Cc1ccc(C#CC2=C(CO)C(=O)CC(C)(C)C2)cc1. The highest BCUT2D eigenvalue weighted by atomic mass is 16.3. The Balaban J connectivity index is 2.34. The van der Waals surface area contributed by atoms with Gasteiger partial charge in [-0.25, -0.2) is 0 Å². The van der Waals surface area contributed by atoms with Crippen molar-refractivity contribution in [1.29, 1.82) is 0 Å². The van der Waals surface area contributed by atoms with Crippen molar-refractivity contribution in [3.63, 3.8) is 0 Å². The van der Waals surface area contributed by atoms with Crippen LogP contribution in [-0.4, -0.2) is 17.5 Å². The van der Waals surface area contributed by atoms with Crippen molar-refractivity contribution in [2.75, 3.05) is 6.61 Å². The molecule has 2 heteroatoms. The first-order chi connectivity index (χ1) is 9.41. The Morgan fingerprint density at radius 2 is 1.80 bits per heavy atom. The summed E-state index contributed by atoms with van der Waals surface area (Å²) in [5.74, 6) is 6.21. The van der Waals surface area contributed by atoms with Crippen molar-refractivity contribution in [3.8, 4) is 11.8 Å². The molecule has 1 aromatic rings. The molecule has 0 heterocycles. The largest absolute Gasteiger partial charge is 0.392 e. The number of benzene rings is 1. The molecule has 0 aromatic heterocycles. The number of carbonyl (C=O) groups excluding carboxylic acids is 1. The Labute approximate surface area is 120 Å². The summed E-state index contributed by atoms with van der Waals surface area (Å²) in [6.45, 7) is 5.94. The third kappa shape index (κ3) is 3.37. The van der Waals surface area contributed by atoms with Crippen LogP contribution in [0, 0.1) is 24.2 Å². The maximum Gasteiger partial charge on any atom is 0.162 e. The zero-order valence-electron chi connectivity index (χ0n) is 12.3. The minimum Gasteiger partial charge on any atom is -0.392 e. The number of hydrogen-bond donors (Lipinski definition) is 1. The molecular formula is C18H20O2. The van der Waals surface area contributed by atoms with Gasteiger partial charge in [0.1, 0.15) is 0 Å². The zero-order valence-corrected chi connectivity index (χ0v) is 12.3. The van der Waals surface area contributed by atoms with Gasteiger partial charge in [-0.15, -0.1) is 0 Å². The average molecular weight is 268 g/mol. The van der Waals surface area contributed by atoms with Crippen molar-refractivity contribution in [3.05, 3.63) is 46.5 Å². The lowest BCUT2D eigenvalue weighted by Gasteiger charge is -2.29. The standard InChI is InChI=1S/C18H20O2/c1-13-4-6-14(7-5-13)8-9-15-10-18(2,3)11-17(20)16(15)12-19/h4-7,19H,10-12H2,1-3H3. The van der Waals surface area contributed by atoms with Gasteiger partial charge in [0.2, 0.25) is 0 Å². The van der Waals surface area contributed by atoms with Crippen LogP contribution in [0.1, 0.15) is 37.8 Å². The second-order valence-electron chi connectivity index (χ2n) is 6.17. The van der Waals surface area contributed by atoms with Crippen LogP contribution in [-0.2, 0) is 4.79 Å². The van der Waals surface area contributed by atoms with Crippen LogP contribution in [0.3, 0.4) is 0 Å². The van der Waals surface area contributed by atoms with E-state index in [0.29, 0.717) is 12.0 Å². The second-order valence-corrected chi connectivity index (χ2v) is 6.17. The molecule has 0 saturated heterocycles. The van der Waals surface area contributed by atoms with Gasteiger partial charge in [-0.1, -0.05) is 43.4 Å². The summed E-state index contributed by atoms with van der Waals surface area (Å²) in [6.07, 6.45) is 1.23. The highest BCUT2D eigenvalue weighted by molar-refractivity contribution is 5.98. The lowest BCUT2D eigenvalue weighted by atomic mass is 9.74. The van der Waals surface area contributed by atoms with Gasteiger partial charge in [-0.05, 0) is 30.9 Å². The highest BCUT2D eigenvalue weighted by Gasteiger charge is 2.31. The Kier molecular flexibility index (Phi) is 4.11. The molecule has 1 N–H and O–H groups in total. The Bertz CT molecular complexity index is 607. The fraction of sp³-hybridized carbons (Fsp3) is 0.389. The Morgan fingerprint density at radius 3 is 2.40 bits per heavy atom. The lowest BCUT2D eigenvalue weighted by molar-refractivity contribution is -0.118. The molecule has 0 radical (unpaired) electrons. The number of hydrogen-bond acceptors (Lipinski definition) is 2. The predicted octanol–water partition coefficient (Wildman–Crippen LogP) is 3.02. The van der Waals surface area contributed by atoms with Gasteiger partial charge in [0.05, 0.1) is 6.61 Å². The number of aryl methyl sites for hydroxylation is 1. The van der Waals surface area contributed by atoms with Crippen LogP contribution in [0.25, 0.3) is 0 Å². The third-order valence-corrected chi connectivity index (χ3v) is 3.56. The van der Waals surface area contributed by atoms with E-state index in [9.17, 15) is 9.90 Å². The highest BCUT2D eigenvalue weighted by Crippen LogP contribution is 2.36. The van der Waals surface area contributed by atoms with Crippen LogP contribution in [0.4, 0.5) is 0 Å². The van der Waals surface area contributed by atoms with Gasteiger partial charge >= 0.3 is 0 Å². The van der Waals surface area contributed by atoms with E-state index in [0.717, 1.165) is 17.6 Å². The van der Waals surface area contributed by atoms with Crippen molar-refractivity contribution in [2.45, 2.75) is 33.6 Å². The number of carbonyl (C=O) groups is 1. The maximum atomic E-state index is 12.0. The molecule has 2 rings (SSSR count). The molecule has 104 valence electrons. The molecule has 20 heavy (non-hydrogen) atoms. The summed E-state index contributed by atoms with van der Waals surface area (Å²) in [5, 5.41) is 9.39. The summed E-state index contributed by atoms with van der Waals surface area (Å²) >= 11 is 0. The van der Waals surface area contributed by atoms with Crippen molar-refractivity contribution in [2.24, 2.45) is 5.41 Å². The number of ketones is 1. The third-order valence-electron chi connectivity index (χ3n) is 3.56. The molecule has 0 atom stereocenters. The summed E-state index contributed by atoms with van der Waals surface area (Å²) in [6, 6.07) is 7.97. The van der Waals surface area contributed by atoms with Crippen molar-refractivity contribution < 1.29 is 9.90 Å². The fourth-order valence-corrected chi connectivity index (χ4v) is 2.45. The monoisotopic (exact) mass is 268 g/mol. The summed E-state index contributed by atoms with van der Waals surface area (Å²) in [7, 11) is 0. The first-order valence-electron chi connectivity index (χ1n) is 6.86. The first-order valence-corrected chi connectivity index (χ1v) is 6.86. The van der Waals surface area contributed by atoms with E-state index in [2.05, 4.69) is 25.7 Å². The van der Waals surface area contributed by atoms with E-state index in [4.69, 9.17) is 0 Å². The Morgan fingerprint density at radius 1 is 1.15 bits per heavy atom. The zero-order chi connectivity index (χ0) is 14.8. The maximum absolute atomic E-state index is 12.0. The molecule has 2 nitrogen and oxygen atoms in total. The predicted molar refractivity (Wildman–Crippen MR) is 80.2 cm³/mol. The molecule has 0 fully saturated rings. The fourth-order valence-electron chi connectivity index (χ4n) is 2.45. The molecule has 1 aliphatic rings. The van der Waals surface area contributed by atoms with Crippen LogP contribution < -0.4 is 0 Å². The molecule has 1 aliphatic carbocycles. The smallest absolute Gasteiger partial charge is 0.162 e. The number of rotatable bonds is 1. The number of aliphatic hydroxyl groups excluding tert-OH is 1. The number of aliphatic hydroxyl groups is 1. The molecule has 0 spiro atoms. The lowest BCUT2D eigenvalue weighted by Crippen LogP contribution is -2.26. The van der Waals surface area contributed by atoms with E-state index in [1.54, 1.807) is 0 Å². The topological polar surface area (TPSA) is 37.3 Å². The van der Waals surface area contributed by atoms with Gasteiger partial charge in [0.15, 0.2) is 5.78 Å². The van der Waals surface area contributed by atoms with Crippen LogP contribution in [0.15, 0.2) is 35.4 Å². The molecule has 1 aromatic carbocycles. The summed E-state index contributed by atoms with van der Waals surface area (Å²) in [5.41, 5.74) is 3.32. The van der Waals surface area contributed by atoms with E-state index < -0.39 is 0 Å². The number of Topliss-reactive ketones (excluding diaryl/α,β-unsaturated/α-hetero) is 1. The van der Waals surface area contributed by atoms with E-state index >= 15 is 0 Å². The summed E-state index contributed by atoms with van der Waals surface area (Å²) < 4.78 is 0. The van der Waals surface area contributed by atoms with Crippen LogP contribution in [0.2, 0.25) is 0 Å². The number of allylic oxidation sites excluding steroid dienone is 1. The van der Waals surface area contributed by atoms with Gasteiger partial charge in [-0.3, -0.25) is 4.79 Å². The van der Waals surface area contributed by atoms with Crippen LogP contribution >= 0.6 is 0 Å². The van der Waals surface area contributed by atoms with Gasteiger partial charge in [0.25, 0.3) is 0 Å². The quantitative estimate of drug-likeness (QED) is 0.795. The molecule has 0 amide bonds. The van der Waals surface area contributed by atoms with Crippen LogP contribution in [0.5, 0.6) is 0 Å². The molecule has 0 bridgehead atoms. The minimum atomic E-state index is -0.215. The van der Waals surface area contributed by atoms with Gasteiger partial charge in [-0.2, -0.15) is 0 Å². The van der Waals surface area contributed by atoms with Gasteiger partial charge < -0.3 is 5.11 Å². The van der Waals surface area contributed by atoms with Crippen molar-refractivity contribution >= 4 is 5.78 Å². The molecular weight excluding hydrogens is 248 g/mol. The summed E-state index contributed by atoms with van der Waals surface area (Å²) in [4.78, 5) is 12.0. The van der Waals surface area contributed by atoms with E-state index in [1.807, 2.05) is 31.2 Å².